The van der Waals surface area contributed by atoms with Crippen LogP contribution in [0.15, 0.2) is 30.6 Å². The van der Waals surface area contributed by atoms with Crippen LogP contribution in [0.5, 0.6) is 0 Å². The Balaban J connectivity index is 2.13. The summed E-state index contributed by atoms with van der Waals surface area (Å²) in [6, 6.07) is 7.64. The van der Waals surface area contributed by atoms with E-state index in [1.165, 1.54) is 11.0 Å². The molecule has 3 rings (SSSR count). The Bertz CT molecular complexity index is 964. The van der Waals surface area contributed by atoms with Crippen LogP contribution in [0.1, 0.15) is 22.5 Å². The number of hydrogen-bond donors (Lipinski definition) is 1. The highest BCUT2D eigenvalue weighted by Crippen LogP contribution is 2.31. The molecule has 8 heteroatoms. The van der Waals surface area contributed by atoms with Gasteiger partial charge < -0.3 is 5.32 Å². The first kappa shape index (κ1) is 16.6. The third-order valence-electron chi connectivity index (χ3n) is 3.83. The maximum atomic E-state index is 11.7. The van der Waals surface area contributed by atoms with Crippen molar-refractivity contribution in [3.63, 3.8) is 0 Å². The van der Waals surface area contributed by atoms with E-state index in [0.717, 1.165) is 28.2 Å². The lowest BCUT2D eigenvalue weighted by molar-refractivity contribution is -0.384. The second kappa shape index (κ2) is 6.31. The van der Waals surface area contributed by atoms with Crippen molar-refractivity contribution in [1.82, 2.24) is 19.7 Å². The van der Waals surface area contributed by atoms with Crippen molar-refractivity contribution in [2.24, 2.45) is 0 Å². The number of hydrogen-bond acceptors (Lipinski definition) is 6. The summed E-state index contributed by atoms with van der Waals surface area (Å²) in [4.78, 5) is 19.4. The van der Waals surface area contributed by atoms with E-state index in [1.54, 1.807) is 0 Å². The molecule has 0 aliphatic carbocycles. The van der Waals surface area contributed by atoms with E-state index in [9.17, 15) is 10.1 Å². The molecule has 3 aromatic rings. The van der Waals surface area contributed by atoms with E-state index in [1.807, 2.05) is 52.0 Å². The molecule has 128 valence electrons. The molecular formula is C17H18N6O2. The smallest absolute Gasteiger partial charge is 0.334 e. The molecule has 25 heavy (non-hydrogen) atoms. The Labute approximate surface area is 144 Å². The summed E-state index contributed by atoms with van der Waals surface area (Å²) in [7, 11) is 0. The maximum Gasteiger partial charge on any atom is 0.355 e. The number of rotatable bonds is 4. The Kier molecular flexibility index (Phi) is 4.18. The lowest BCUT2D eigenvalue weighted by Crippen LogP contribution is -2.10. The van der Waals surface area contributed by atoms with Crippen LogP contribution >= 0.6 is 0 Å². The third-order valence-corrected chi connectivity index (χ3v) is 3.83. The minimum absolute atomic E-state index is 0.134. The molecular weight excluding hydrogens is 320 g/mol. The first-order chi connectivity index (χ1) is 11.9. The first-order valence-electron chi connectivity index (χ1n) is 7.74. The van der Waals surface area contributed by atoms with Gasteiger partial charge in [0.15, 0.2) is 0 Å². The highest BCUT2D eigenvalue weighted by Gasteiger charge is 2.26. The van der Waals surface area contributed by atoms with Crippen LogP contribution < -0.4 is 5.32 Å². The van der Waals surface area contributed by atoms with E-state index in [-0.39, 0.29) is 17.3 Å². The molecule has 0 saturated heterocycles. The highest BCUT2D eigenvalue weighted by atomic mass is 16.6. The van der Waals surface area contributed by atoms with Crippen molar-refractivity contribution in [2.75, 3.05) is 5.32 Å². The van der Waals surface area contributed by atoms with E-state index in [4.69, 9.17) is 0 Å². The lowest BCUT2D eigenvalue weighted by Gasteiger charge is -2.11. The van der Waals surface area contributed by atoms with E-state index >= 15 is 0 Å². The zero-order chi connectivity index (χ0) is 18.1. The summed E-state index contributed by atoms with van der Waals surface area (Å²) in [5, 5.41) is 19.1. The van der Waals surface area contributed by atoms with Gasteiger partial charge in [-0.05, 0) is 45.4 Å². The molecule has 1 N–H and O–H groups in total. The van der Waals surface area contributed by atoms with Gasteiger partial charge in [0.2, 0.25) is 11.6 Å². The fourth-order valence-electron chi connectivity index (χ4n) is 2.71. The number of nitro groups is 1. The molecule has 0 fully saturated rings. The zero-order valence-corrected chi connectivity index (χ0v) is 14.4. The number of benzene rings is 1. The average molecular weight is 338 g/mol. The van der Waals surface area contributed by atoms with Crippen LogP contribution in [0.3, 0.4) is 0 Å². The molecule has 0 radical (unpaired) electrons. The van der Waals surface area contributed by atoms with Crippen molar-refractivity contribution in [1.29, 1.82) is 0 Å². The van der Waals surface area contributed by atoms with Gasteiger partial charge in [-0.3, -0.25) is 10.1 Å². The minimum atomic E-state index is -0.488. The van der Waals surface area contributed by atoms with Gasteiger partial charge in [0.1, 0.15) is 6.33 Å². The molecule has 0 aliphatic rings. The Morgan fingerprint density at radius 1 is 1.12 bits per heavy atom. The fourth-order valence-corrected chi connectivity index (χ4v) is 2.71. The monoisotopic (exact) mass is 338 g/mol. The van der Waals surface area contributed by atoms with Crippen LogP contribution in [0, 0.1) is 37.8 Å². The third kappa shape index (κ3) is 3.18. The van der Waals surface area contributed by atoms with Gasteiger partial charge >= 0.3 is 5.69 Å². The lowest BCUT2D eigenvalue weighted by atomic mass is 10.1. The quantitative estimate of drug-likeness (QED) is 0.577. The van der Waals surface area contributed by atoms with Crippen molar-refractivity contribution < 1.29 is 4.92 Å². The summed E-state index contributed by atoms with van der Waals surface area (Å²) in [6.45, 7) is 7.57. The molecule has 0 bridgehead atoms. The van der Waals surface area contributed by atoms with Crippen molar-refractivity contribution in [2.45, 2.75) is 27.7 Å². The second-order valence-corrected chi connectivity index (χ2v) is 5.93. The van der Waals surface area contributed by atoms with Crippen molar-refractivity contribution in [3.05, 3.63) is 63.2 Å². The summed E-state index contributed by atoms with van der Waals surface area (Å²) in [6.07, 6.45) is 1.30. The summed E-state index contributed by atoms with van der Waals surface area (Å²) in [5.74, 6) is 0.271. The number of anilines is 2. The van der Waals surface area contributed by atoms with Gasteiger partial charge in [-0.1, -0.05) is 17.7 Å². The van der Waals surface area contributed by atoms with E-state index in [2.05, 4.69) is 20.4 Å². The van der Waals surface area contributed by atoms with Gasteiger partial charge in [0.05, 0.1) is 10.6 Å². The molecule has 0 spiro atoms. The Hall–Kier alpha value is -3.29. The van der Waals surface area contributed by atoms with Gasteiger partial charge in [0.25, 0.3) is 0 Å². The van der Waals surface area contributed by atoms with E-state index in [0.29, 0.717) is 0 Å². The van der Waals surface area contributed by atoms with Crippen LogP contribution in [0.4, 0.5) is 17.2 Å². The second-order valence-electron chi connectivity index (χ2n) is 5.93. The molecule has 8 nitrogen and oxygen atoms in total. The van der Waals surface area contributed by atoms with Crippen LogP contribution in [-0.2, 0) is 0 Å². The number of aryl methyl sites for hydroxylation is 4. The topological polar surface area (TPSA) is 98.8 Å². The molecule has 2 aromatic heterocycles. The molecule has 1 aromatic carbocycles. The molecule has 2 heterocycles. The average Bonchev–Trinajstić information content (AvgIpc) is 2.88. The van der Waals surface area contributed by atoms with Crippen molar-refractivity contribution in [3.8, 4) is 5.82 Å². The number of nitrogens with zero attached hydrogens (tertiary/aromatic N) is 5. The number of nitrogens with one attached hydrogen (secondary N) is 1. The molecule has 0 saturated carbocycles. The molecule has 0 atom stereocenters. The summed E-state index contributed by atoms with van der Waals surface area (Å²) >= 11 is 0. The summed E-state index contributed by atoms with van der Waals surface area (Å²) in [5.41, 5.74) is 4.15. The zero-order valence-electron chi connectivity index (χ0n) is 14.4. The largest absolute Gasteiger partial charge is 0.355 e. The van der Waals surface area contributed by atoms with E-state index < -0.39 is 4.92 Å². The molecule has 0 unspecified atom stereocenters. The van der Waals surface area contributed by atoms with Crippen LogP contribution in [0.25, 0.3) is 5.82 Å². The first-order valence-corrected chi connectivity index (χ1v) is 7.74. The van der Waals surface area contributed by atoms with Crippen LogP contribution in [0.2, 0.25) is 0 Å². The summed E-state index contributed by atoms with van der Waals surface area (Å²) < 4.78 is 1.46. The highest BCUT2D eigenvalue weighted by molar-refractivity contribution is 5.71. The Morgan fingerprint density at radius 2 is 1.88 bits per heavy atom. The predicted molar refractivity (Wildman–Crippen MR) is 94.5 cm³/mol. The molecule has 0 aliphatic heterocycles. The van der Waals surface area contributed by atoms with Crippen LogP contribution in [-0.4, -0.2) is 24.7 Å². The molecule has 0 amide bonds. The van der Waals surface area contributed by atoms with Gasteiger partial charge in [-0.25, -0.2) is 14.6 Å². The minimum Gasteiger partial charge on any atom is -0.334 e. The van der Waals surface area contributed by atoms with Gasteiger partial charge in [0, 0.05) is 11.4 Å². The Morgan fingerprint density at radius 3 is 2.48 bits per heavy atom. The predicted octanol–water partition coefficient (Wildman–Crippen LogP) is 3.55. The SMILES string of the molecule is Cc1ccc(Nc2ncnc(-n3nc(C)cc3C)c2[N+](=O)[O-])c(C)c1. The van der Waals surface area contributed by atoms with Crippen molar-refractivity contribution >= 4 is 17.2 Å². The number of aromatic nitrogens is 4. The normalized spacial score (nSPS) is 10.7. The fraction of sp³-hybridized carbons (Fsp3) is 0.235. The maximum absolute atomic E-state index is 11.7. The standard InChI is InChI=1S/C17H18N6O2/c1-10-5-6-14(11(2)7-10)20-16-15(23(24)25)17(19-9-18-16)22-13(4)8-12(3)21-22/h5-9H,1-4H3,(H,18,19,20). The van der Waals surface area contributed by atoms with Gasteiger partial charge in [-0.2, -0.15) is 5.10 Å². The van der Waals surface area contributed by atoms with Gasteiger partial charge in [-0.15, -0.1) is 0 Å².